The SMILES string of the molecule is COc1cc2c(cc1OC)[C@@H](Cc1ccc(Oc3c4c(cc(OC)c3OC)-c3c(OC)c(OC)c(OC)c5c3[C@H](C4)N(C)CC5)cc1)N(C)CC2. The van der Waals surface area contributed by atoms with Gasteiger partial charge in [0.15, 0.2) is 34.5 Å². The van der Waals surface area contributed by atoms with Crippen LogP contribution >= 0.6 is 0 Å². The molecule has 1 aliphatic carbocycles. The predicted octanol–water partition coefficient (Wildman–Crippen LogP) is 7.06. The molecule has 2 atom stereocenters. The lowest BCUT2D eigenvalue weighted by atomic mass is 9.75. The minimum Gasteiger partial charge on any atom is -0.493 e. The van der Waals surface area contributed by atoms with E-state index in [1.807, 2.05) is 18.2 Å². The average molecular weight is 697 g/mol. The van der Waals surface area contributed by atoms with Crippen molar-refractivity contribution in [2.75, 3.05) is 77.0 Å². The summed E-state index contributed by atoms with van der Waals surface area (Å²) in [6, 6.07) is 14.9. The van der Waals surface area contributed by atoms with E-state index in [9.17, 15) is 0 Å². The fourth-order valence-electron chi connectivity index (χ4n) is 8.33. The zero-order valence-electron chi connectivity index (χ0n) is 31.1. The van der Waals surface area contributed by atoms with Crippen LogP contribution in [0.25, 0.3) is 11.1 Å². The maximum absolute atomic E-state index is 6.82. The molecule has 7 rings (SSSR count). The van der Waals surface area contributed by atoms with Gasteiger partial charge in [0, 0.05) is 41.9 Å². The fourth-order valence-corrected chi connectivity index (χ4v) is 8.33. The van der Waals surface area contributed by atoms with Crippen LogP contribution in [0.3, 0.4) is 0 Å². The van der Waals surface area contributed by atoms with E-state index in [2.05, 4.69) is 48.2 Å². The van der Waals surface area contributed by atoms with Crippen molar-refractivity contribution in [3.8, 4) is 62.9 Å². The first-order valence-electron chi connectivity index (χ1n) is 17.3. The Kier molecular flexibility index (Phi) is 9.56. The summed E-state index contributed by atoms with van der Waals surface area (Å²) in [4.78, 5) is 4.80. The Morgan fingerprint density at radius 3 is 1.90 bits per heavy atom. The molecule has 0 aromatic heterocycles. The second-order valence-electron chi connectivity index (χ2n) is 13.4. The second kappa shape index (κ2) is 14.1. The van der Waals surface area contributed by atoms with Crippen LogP contribution in [0.15, 0.2) is 42.5 Å². The number of hydrogen-bond acceptors (Lipinski definition) is 10. The molecule has 4 aromatic rings. The van der Waals surface area contributed by atoms with Crippen molar-refractivity contribution in [1.82, 2.24) is 9.80 Å². The first-order chi connectivity index (χ1) is 24.8. The minimum atomic E-state index is 0.0711. The highest BCUT2D eigenvalue weighted by molar-refractivity contribution is 5.89. The number of likely N-dealkylation sites (N-methyl/N-ethyl adjacent to an activating group) is 2. The van der Waals surface area contributed by atoms with Gasteiger partial charge in [0.2, 0.25) is 11.5 Å². The third-order valence-corrected chi connectivity index (χ3v) is 10.9. The zero-order chi connectivity index (χ0) is 36.0. The number of nitrogens with zero attached hydrogens (tertiary/aromatic N) is 2. The second-order valence-corrected chi connectivity index (χ2v) is 13.4. The van der Waals surface area contributed by atoms with E-state index in [1.165, 1.54) is 22.3 Å². The van der Waals surface area contributed by atoms with Gasteiger partial charge in [-0.3, -0.25) is 9.80 Å². The molecule has 2 heterocycles. The van der Waals surface area contributed by atoms with Crippen LogP contribution in [0.5, 0.6) is 51.7 Å². The predicted molar refractivity (Wildman–Crippen MR) is 196 cm³/mol. The number of hydrogen-bond donors (Lipinski definition) is 0. The molecule has 0 N–H and O–H groups in total. The Morgan fingerprint density at radius 2 is 1.25 bits per heavy atom. The normalized spacial score (nSPS) is 17.8. The maximum Gasteiger partial charge on any atom is 0.204 e. The summed E-state index contributed by atoms with van der Waals surface area (Å²) >= 11 is 0. The smallest absolute Gasteiger partial charge is 0.204 e. The Morgan fingerprint density at radius 1 is 0.608 bits per heavy atom. The van der Waals surface area contributed by atoms with E-state index in [0.29, 0.717) is 40.9 Å². The lowest BCUT2D eigenvalue weighted by Crippen LogP contribution is -2.36. The Labute approximate surface area is 300 Å². The standard InChI is InChI=1S/C41H48N2O8/c1-42-16-14-24-19-32(44-3)33(45-4)21-27(24)30(42)18-23-10-12-25(13-11-23)51-38-29-20-31-35-26(15-17-43(31)2)37(47-6)41(50-9)40(49-8)36(35)28(29)22-34(46-5)39(38)48-7/h10-13,19,21-22,30-31H,14-18,20H2,1-9H3/t30-,31+/m1/s1. The van der Waals surface area contributed by atoms with Gasteiger partial charge in [-0.15, -0.1) is 0 Å². The van der Waals surface area contributed by atoms with E-state index in [4.69, 9.17) is 37.9 Å². The molecule has 10 nitrogen and oxygen atoms in total. The van der Waals surface area contributed by atoms with E-state index in [-0.39, 0.29) is 12.1 Å². The Balaban J connectivity index is 1.28. The van der Waals surface area contributed by atoms with Crippen LogP contribution in [0.2, 0.25) is 0 Å². The van der Waals surface area contributed by atoms with Crippen molar-refractivity contribution in [3.05, 3.63) is 75.8 Å². The molecule has 0 unspecified atom stereocenters. The summed E-state index contributed by atoms with van der Waals surface area (Å²) in [7, 11) is 16.0. The van der Waals surface area contributed by atoms with Crippen molar-refractivity contribution >= 4 is 0 Å². The van der Waals surface area contributed by atoms with Crippen LogP contribution in [0, 0.1) is 0 Å². The molecule has 3 aliphatic rings. The molecule has 0 saturated heterocycles. The fraction of sp³-hybridized carbons (Fsp3) is 0.415. The van der Waals surface area contributed by atoms with Gasteiger partial charge in [0.25, 0.3) is 0 Å². The molecule has 270 valence electrons. The number of methoxy groups -OCH3 is 7. The molecule has 0 bridgehead atoms. The van der Waals surface area contributed by atoms with Crippen LogP contribution in [0.1, 0.15) is 45.5 Å². The van der Waals surface area contributed by atoms with Crippen molar-refractivity contribution in [3.63, 3.8) is 0 Å². The number of ether oxygens (including phenoxy) is 8. The van der Waals surface area contributed by atoms with Gasteiger partial charge in [-0.1, -0.05) is 12.1 Å². The highest BCUT2D eigenvalue weighted by atomic mass is 16.5. The quantitative estimate of drug-likeness (QED) is 0.163. The summed E-state index contributed by atoms with van der Waals surface area (Å²) in [5.74, 6) is 5.92. The first-order valence-corrected chi connectivity index (χ1v) is 17.3. The number of fused-ring (bicyclic) bond motifs is 3. The molecule has 4 aromatic carbocycles. The third-order valence-electron chi connectivity index (χ3n) is 10.9. The first kappa shape index (κ1) is 34.6. The van der Waals surface area contributed by atoms with Gasteiger partial charge in [-0.05, 0) is 97.9 Å². The maximum atomic E-state index is 6.82. The van der Waals surface area contributed by atoms with Crippen LogP contribution in [0.4, 0.5) is 0 Å². The molecule has 2 aliphatic heterocycles. The van der Waals surface area contributed by atoms with Crippen molar-refractivity contribution < 1.29 is 37.9 Å². The molecule has 0 saturated carbocycles. The molecule has 51 heavy (non-hydrogen) atoms. The topological polar surface area (TPSA) is 80.3 Å². The summed E-state index contributed by atoms with van der Waals surface area (Å²) in [6.45, 7) is 1.85. The van der Waals surface area contributed by atoms with Gasteiger partial charge < -0.3 is 37.9 Å². The van der Waals surface area contributed by atoms with Crippen molar-refractivity contribution in [2.45, 2.75) is 37.8 Å². The highest BCUT2D eigenvalue weighted by Crippen LogP contribution is 2.60. The van der Waals surface area contributed by atoms with Crippen molar-refractivity contribution in [2.24, 2.45) is 0 Å². The van der Waals surface area contributed by atoms with Crippen LogP contribution in [-0.2, 0) is 25.7 Å². The van der Waals surface area contributed by atoms with E-state index >= 15 is 0 Å². The Bertz CT molecular complexity index is 1940. The van der Waals surface area contributed by atoms with Crippen LogP contribution < -0.4 is 37.9 Å². The summed E-state index contributed by atoms with van der Waals surface area (Å²) in [5, 5.41) is 0. The van der Waals surface area contributed by atoms with Crippen molar-refractivity contribution in [1.29, 1.82) is 0 Å². The summed E-state index contributed by atoms with van der Waals surface area (Å²) < 4.78 is 48.0. The molecule has 0 fully saturated rings. The monoisotopic (exact) mass is 696 g/mol. The number of rotatable bonds is 11. The molecule has 10 heteroatoms. The van der Waals surface area contributed by atoms with Gasteiger partial charge >= 0.3 is 0 Å². The Hall–Kier alpha value is -4.80. The average Bonchev–Trinajstić information content (AvgIpc) is 3.16. The third kappa shape index (κ3) is 5.74. The highest BCUT2D eigenvalue weighted by Gasteiger charge is 2.41. The molecular formula is C41H48N2O8. The number of benzene rings is 4. The van der Waals surface area contributed by atoms with Gasteiger partial charge in [-0.2, -0.15) is 0 Å². The largest absolute Gasteiger partial charge is 0.493 e. The van der Waals surface area contributed by atoms with Gasteiger partial charge in [-0.25, -0.2) is 0 Å². The van der Waals surface area contributed by atoms with E-state index < -0.39 is 0 Å². The molecule has 0 amide bonds. The van der Waals surface area contributed by atoms with E-state index in [1.54, 1.807) is 49.8 Å². The molecule has 0 spiro atoms. The molecule has 0 radical (unpaired) electrons. The zero-order valence-corrected chi connectivity index (χ0v) is 31.1. The summed E-state index contributed by atoms with van der Waals surface area (Å²) in [5.41, 5.74) is 9.07. The van der Waals surface area contributed by atoms with Crippen LogP contribution in [-0.4, -0.2) is 86.8 Å². The lowest BCUT2D eigenvalue weighted by Gasteiger charge is -2.41. The van der Waals surface area contributed by atoms with Gasteiger partial charge in [0.05, 0.1) is 49.8 Å². The lowest BCUT2D eigenvalue weighted by molar-refractivity contribution is 0.220. The van der Waals surface area contributed by atoms with E-state index in [0.717, 1.165) is 71.9 Å². The molecular weight excluding hydrogens is 648 g/mol. The minimum absolute atomic E-state index is 0.0711. The van der Waals surface area contributed by atoms with Gasteiger partial charge in [0.1, 0.15) is 5.75 Å². The summed E-state index contributed by atoms with van der Waals surface area (Å²) in [6.07, 6.45) is 3.35.